The molecule has 0 saturated carbocycles. The lowest BCUT2D eigenvalue weighted by Crippen LogP contribution is -2.02. The summed E-state index contributed by atoms with van der Waals surface area (Å²) in [6.07, 6.45) is 0. The molecule has 1 aliphatic heterocycles. The maximum Gasteiger partial charge on any atom is 0.163 e. The lowest BCUT2D eigenvalue weighted by atomic mass is 10.1. The van der Waals surface area contributed by atoms with E-state index in [9.17, 15) is 5.11 Å². The molecule has 1 unspecified atom stereocenters. The zero-order chi connectivity index (χ0) is 13.4. The Kier molecular flexibility index (Phi) is 3.21. The van der Waals surface area contributed by atoms with Gasteiger partial charge in [-0.05, 0) is 24.3 Å². The third kappa shape index (κ3) is 2.22. The molecule has 0 spiro atoms. The van der Waals surface area contributed by atoms with Crippen LogP contribution in [0.5, 0.6) is 11.5 Å². The monoisotopic (exact) mass is 293 g/mol. The van der Waals surface area contributed by atoms with Crippen LogP contribution in [0.1, 0.15) is 10.9 Å². The number of hydrogen-bond acceptors (Lipinski definition) is 4. The summed E-state index contributed by atoms with van der Waals surface area (Å²) in [5, 5.41) is 14.2. The second-order valence-electron chi connectivity index (χ2n) is 4.18. The number of para-hydroxylation sites is 1. The number of nitrogens with one attached hydrogen (secondary N) is 1. The van der Waals surface area contributed by atoms with Gasteiger partial charge < -0.3 is 15.2 Å². The van der Waals surface area contributed by atoms with Crippen LogP contribution in [0.25, 0.3) is 0 Å². The Labute approximate surface area is 120 Å². The van der Waals surface area contributed by atoms with Crippen LogP contribution in [0.2, 0.25) is 5.02 Å². The maximum absolute atomic E-state index is 10.2. The summed E-state index contributed by atoms with van der Waals surface area (Å²) in [5.74, 6) is 0.655. The van der Waals surface area contributed by atoms with Crippen molar-refractivity contribution in [3.05, 3.63) is 47.0 Å². The molecule has 0 aliphatic carbocycles. The Bertz CT molecular complexity index is 633. The van der Waals surface area contributed by atoms with Crippen LogP contribution < -0.4 is 10.1 Å². The molecule has 0 saturated heterocycles. The number of methoxy groups -OCH3 is 1. The van der Waals surface area contributed by atoms with Crippen molar-refractivity contribution >= 4 is 29.1 Å². The summed E-state index contributed by atoms with van der Waals surface area (Å²) in [6.45, 7) is 0. The van der Waals surface area contributed by atoms with E-state index in [1.807, 2.05) is 30.3 Å². The van der Waals surface area contributed by atoms with E-state index in [2.05, 4.69) is 5.32 Å². The van der Waals surface area contributed by atoms with Gasteiger partial charge in [0.05, 0.1) is 12.8 Å². The van der Waals surface area contributed by atoms with Crippen LogP contribution in [0.4, 0.5) is 5.69 Å². The standard InChI is InChI=1S/C14H12ClNO2S/c1-18-11-4-2-3-9(13(11)17)14-16-10-7-8(15)5-6-12(10)19-14/h2-7,14,16-17H,1H3. The molecule has 0 radical (unpaired) electrons. The van der Waals surface area contributed by atoms with E-state index in [1.165, 1.54) is 0 Å². The Morgan fingerprint density at radius 2 is 2.16 bits per heavy atom. The Hall–Kier alpha value is -1.52. The van der Waals surface area contributed by atoms with Crippen molar-refractivity contribution in [2.24, 2.45) is 0 Å². The highest BCUT2D eigenvalue weighted by atomic mass is 35.5. The second-order valence-corrected chi connectivity index (χ2v) is 5.76. The van der Waals surface area contributed by atoms with E-state index in [-0.39, 0.29) is 11.1 Å². The van der Waals surface area contributed by atoms with Crippen LogP contribution in [0, 0.1) is 0 Å². The fourth-order valence-corrected chi connectivity index (χ4v) is 3.39. The summed E-state index contributed by atoms with van der Waals surface area (Å²) in [4.78, 5) is 1.12. The summed E-state index contributed by atoms with van der Waals surface area (Å²) in [5.41, 5.74) is 1.79. The predicted octanol–water partition coefficient (Wildman–Crippen LogP) is 4.27. The van der Waals surface area contributed by atoms with Gasteiger partial charge in [0.1, 0.15) is 5.37 Å². The number of hydrogen-bond donors (Lipinski definition) is 2. The van der Waals surface area contributed by atoms with Crippen molar-refractivity contribution < 1.29 is 9.84 Å². The van der Waals surface area contributed by atoms with E-state index < -0.39 is 0 Å². The number of benzene rings is 2. The van der Waals surface area contributed by atoms with Gasteiger partial charge in [0.2, 0.25) is 0 Å². The normalized spacial score (nSPS) is 16.8. The van der Waals surface area contributed by atoms with Gasteiger partial charge in [0.25, 0.3) is 0 Å². The molecule has 2 aromatic rings. The number of phenolic OH excluding ortho intramolecular Hbond substituents is 1. The first kappa shape index (κ1) is 12.5. The average Bonchev–Trinajstić information content (AvgIpc) is 2.81. The van der Waals surface area contributed by atoms with E-state index in [1.54, 1.807) is 24.9 Å². The molecular formula is C14H12ClNO2S. The van der Waals surface area contributed by atoms with Crippen LogP contribution in [0.15, 0.2) is 41.3 Å². The van der Waals surface area contributed by atoms with Crippen molar-refractivity contribution in [3.8, 4) is 11.5 Å². The number of halogens is 1. The van der Waals surface area contributed by atoms with Gasteiger partial charge in [0, 0.05) is 15.5 Å². The van der Waals surface area contributed by atoms with Crippen molar-refractivity contribution in [2.45, 2.75) is 10.3 Å². The SMILES string of the molecule is COc1cccc(C2Nc3cc(Cl)ccc3S2)c1O. The second kappa shape index (κ2) is 4.87. The summed E-state index contributed by atoms with van der Waals surface area (Å²) < 4.78 is 5.13. The molecule has 19 heavy (non-hydrogen) atoms. The Balaban J connectivity index is 1.95. The minimum Gasteiger partial charge on any atom is -0.504 e. The molecule has 0 bridgehead atoms. The molecule has 3 rings (SSSR count). The Morgan fingerprint density at radius 1 is 1.32 bits per heavy atom. The van der Waals surface area contributed by atoms with Gasteiger partial charge in [0.15, 0.2) is 11.5 Å². The van der Waals surface area contributed by atoms with Gasteiger partial charge in [-0.1, -0.05) is 35.5 Å². The smallest absolute Gasteiger partial charge is 0.163 e. The molecule has 2 N–H and O–H groups in total. The first-order valence-corrected chi connectivity index (χ1v) is 7.03. The van der Waals surface area contributed by atoms with Gasteiger partial charge in [-0.3, -0.25) is 0 Å². The summed E-state index contributed by atoms with van der Waals surface area (Å²) in [7, 11) is 1.54. The predicted molar refractivity (Wildman–Crippen MR) is 78.3 cm³/mol. The number of phenols is 1. The summed E-state index contributed by atoms with van der Waals surface area (Å²) >= 11 is 7.62. The highest BCUT2D eigenvalue weighted by Gasteiger charge is 2.26. The first-order chi connectivity index (χ1) is 9.19. The number of fused-ring (bicyclic) bond motifs is 1. The molecule has 3 nitrogen and oxygen atoms in total. The van der Waals surface area contributed by atoms with E-state index in [0.29, 0.717) is 10.8 Å². The zero-order valence-corrected chi connectivity index (χ0v) is 11.8. The number of ether oxygens (including phenoxy) is 1. The molecule has 0 amide bonds. The van der Waals surface area contributed by atoms with E-state index in [4.69, 9.17) is 16.3 Å². The van der Waals surface area contributed by atoms with Crippen LogP contribution in [-0.2, 0) is 0 Å². The summed E-state index contributed by atoms with van der Waals surface area (Å²) in [6, 6.07) is 11.2. The number of aromatic hydroxyl groups is 1. The third-order valence-electron chi connectivity index (χ3n) is 3.01. The molecule has 1 heterocycles. The number of thioether (sulfide) groups is 1. The van der Waals surface area contributed by atoms with Gasteiger partial charge >= 0.3 is 0 Å². The molecule has 1 atom stereocenters. The third-order valence-corrected chi connectivity index (χ3v) is 4.46. The highest BCUT2D eigenvalue weighted by molar-refractivity contribution is 8.00. The van der Waals surface area contributed by atoms with Crippen LogP contribution >= 0.6 is 23.4 Å². The maximum atomic E-state index is 10.2. The fraction of sp³-hybridized carbons (Fsp3) is 0.143. The quantitative estimate of drug-likeness (QED) is 0.867. The molecule has 5 heteroatoms. The first-order valence-electron chi connectivity index (χ1n) is 5.77. The van der Waals surface area contributed by atoms with Crippen LogP contribution in [0.3, 0.4) is 0 Å². The van der Waals surface area contributed by atoms with Crippen molar-refractivity contribution in [3.63, 3.8) is 0 Å². The number of rotatable bonds is 2. The number of anilines is 1. The van der Waals surface area contributed by atoms with Gasteiger partial charge in [-0.2, -0.15) is 0 Å². The lowest BCUT2D eigenvalue weighted by molar-refractivity contribution is 0.371. The molecule has 2 aromatic carbocycles. The van der Waals surface area contributed by atoms with Crippen LogP contribution in [-0.4, -0.2) is 12.2 Å². The zero-order valence-electron chi connectivity index (χ0n) is 10.2. The van der Waals surface area contributed by atoms with E-state index in [0.717, 1.165) is 16.1 Å². The van der Waals surface area contributed by atoms with Crippen molar-refractivity contribution in [1.82, 2.24) is 0 Å². The highest BCUT2D eigenvalue weighted by Crippen LogP contribution is 2.50. The van der Waals surface area contributed by atoms with Gasteiger partial charge in [-0.25, -0.2) is 0 Å². The average molecular weight is 294 g/mol. The lowest BCUT2D eigenvalue weighted by Gasteiger charge is -2.14. The van der Waals surface area contributed by atoms with Gasteiger partial charge in [-0.15, -0.1) is 0 Å². The molecule has 0 aromatic heterocycles. The molecule has 98 valence electrons. The van der Waals surface area contributed by atoms with E-state index >= 15 is 0 Å². The largest absolute Gasteiger partial charge is 0.504 e. The van der Waals surface area contributed by atoms with Crippen molar-refractivity contribution in [1.29, 1.82) is 0 Å². The molecular weight excluding hydrogens is 282 g/mol. The molecule has 0 fully saturated rings. The minimum absolute atomic E-state index is 0.0384. The Morgan fingerprint density at radius 3 is 2.95 bits per heavy atom. The fourth-order valence-electron chi connectivity index (χ4n) is 2.07. The van der Waals surface area contributed by atoms with Crippen molar-refractivity contribution in [2.75, 3.05) is 12.4 Å². The minimum atomic E-state index is -0.0384. The topological polar surface area (TPSA) is 41.5 Å². The molecule has 1 aliphatic rings.